The van der Waals surface area contributed by atoms with Crippen molar-refractivity contribution >= 4 is 28.2 Å². The number of hydrogen-bond donors (Lipinski definition) is 2. The Bertz CT molecular complexity index is 965. The summed E-state index contributed by atoms with van der Waals surface area (Å²) in [7, 11) is 0. The van der Waals surface area contributed by atoms with E-state index in [1.807, 2.05) is 18.2 Å². The SMILES string of the molecule is NC(=NC1C2CC3CC(C2)CC1C3)Nc1ccc2cccc3c2c1C(=O)C3. The molecule has 0 aromatic heterocycles. The number of nitrogens with one attached hydrogen (secondary N) is 1. The highest BCUT2D eigenvalue weighted by Crippen LogP contribution is 2.54. The van der Waals surface area contributed by atoms with E-state index in [0.29, 0.717) is 30.3 Å². The van der Waals surface area contributed by atoms with Crippen LogP contribution in [-0.2, 0) is 6.42 Å². The maximum Gasteiger partial charge on any atom is 0.193 e. The fraction of sp³-hybridized carbons (Fsp3) is 0.478. The van der Waals surface area contributed by atoms with Crippen molar-refractivity contribution in [3.05, 3.63) is 41.5 Å². The molecule has 4 bridgehead atoms. The summed E-state index contributed by atoms with van der Waals surface area (Å²) in [6.07, 6.45) is 7.25. The lowest BCUT2D eigenvalue weighted by atomic mass is 9.54. The lowest BCUT2D eigenvalue weighted by molar-refractivity contribution is 0.00124. The summed E-state index contributed by atoms with van der Waals surface area (Å²) < 4.78 is 0. The lowest BCUT2D eigenvalue weighted by Gasteiger charge is -2.53. The number of benzene rings is 2. The summed E-state index contributed by atoms with van der Waals surface area (Å²) in [6.45, 7) is 0. The number of hydrogen-bond acceptors (Lipinski definition) is 2. The van der Waals surface area contributed by atoms with Gasteiger partial charge in [-0.25, -0.2) is 4.99 Å². The summed E-state index contributed by atoms with van der Waals surface area (Å²) in [5, 5.41) is 5.48. The zero-order valence-corrected chi connectivity index (χ0v) is 15.4. The van der Waals surface area contributed by atoms with Crippen molar-refractivity contribution in [3.8, 4) is 0 Å². The Morgan fingerprint density at radius 2 is 1.74 bits per heavy atom. The first kappa shape index (κ1) is 15.7. The van der Waals surface area contributed by atoms with Gasteiger partial charge < -0.3 is 11.1 Å². The van der Waals surface area contributed by atoms with Gasteiger partial charge in [0.2, 0.25) is 0 Å². The zero-order chi connectivity index (χ0) is 18.1. The van der Waals surface area contributed by atoms with Crippen LogP contribution < -0.4 is 11.1 Å². The molecule has 3 N–H and O–H groups in total. The predicted molar refractivity (Wildman–Crippen MR) is 108 cm³/mol. The molecule has 0 saturated heterocycles. The minimum atomic E-state index is 0.173. The van der Waals surface area contributed by atoms with Gasteiger partial charge in [-0.1, -0.05) is 24.3 Å². The Balaban J connectivity index is 1.32. The summed E-state index contributed by atoms with van der Waals surface area (Å²) in [5.41, 5.74) is 9.05. The van der Waals surface area contributed by atoms with Crippen molar-refractivity contribution in [2.45, 2.75) is 44.6 Å². The quantitative estimate of drug-likeness (QED) is 0.626. The largest absolute Gasteiger partial charge is 0.370 e. The minimum Gasteiger partial charge on any atom is -0.370 e. The highest BCUT2D eigenvalue weighted by molar-refractivity contribution is 6.20. The fourth-order valence-corrected chi connectivity index (χ4v) is 6.70. The molecule has 4 nitrogen and oxygen atoms in total. The Hall–Kier alpha value is -2.36. The standard InChI is InChI=1S/C23H25N3O/c24-23(26-22-16-7-12-6-13(9-16)10-17(22)8-12)25-18-5-4-14-2-1-3-15-11-19(27)21(18)20(14)15/h1-5,12-13,16-17,22H,6-11H2,(H3,24,25,26). The summed E-state index contributed by atoms with van der Waals surface area (Å²) >= 11 is 0. The smallest absolute Gasteiger partial charge is 0.193 e. The molecule has 0 radical (unpaired) electrons. The monoisotopic (exact) mass is 359 g/mol. The van der Waals surface area contributed by atoms with Crippen LogP contribution in [-0.4, -0.2) is 17.8 Å². The molecule has 4 heteroatoms. The van der Waals surface area contributed by atoms with E-state index < -0.39 is 0 Å². The van der Waals surface area contributed by atoms with Crippen LogP contribution in [0.3, 0.4) is 0 Å². The van der Waals surface area contributed by atoms with E-state index in [2.05, 4.69) is 17.4 Å². The Kier molecular flexibility index (Phi) is 3.23. The van der Waals surface area contributed by atoms with Gasteiger partial charge >= 0.3 is 0 Å². The van der Waals surface area contributed by atoms with Crippen LogP contribution in [0.2, 0.25) is 0 Å². The maximum atomic E-state index is 12.6. The number of guanidine groups is 1. The topological polar surface area (TPSA) is 67.5 Å². The molecule has 5 aliphatic rings. The average Bonchev–Trinajstić information content (AvgIpc) is 2.98. The molecule has 0 atom stereocenters. The molecular formula is C23H25N3O. The number of carbonyl (C=O) groups is 1. The highest BCUT2D eigenvalue weighted by atomic mass is 16.1. The minimum absolute atomic E-state index is 0.173. The van der Waals surface area contributed by atoms with E-state index >= 15 is 0 Å². The third-order valence-electron chi connectivity index (χ3n) is 7.49. The molecule has 0 unspecified atom stereocenters. The molecule has 0 spiro atoms. The third-order valence-corrected chi connectivity index (χ3v) is 7.49. The second kappa shape index (κ2) is 5.57. The van der Waals surface area contributed by atoms with Gasteiger partial charge in [0.1, 0.15) is 0 Å². The van der Waals surface area contributed by atoms with Gasteiger partial charge in [-0.05, 0) is 78.2 Å². The van der Waals surface area contributed by atoms with Crippen molar-refractivity contribution in [2.24, 2.45) is 34.4 Å². The van der Waals surface area contributed by atoms with Gasteiger partial charge in [-0.2, -0.15) is 0 Å². The number of nitrogens with zero attached hydrogens (tertiary/aromatic N) is 1. The number of carbonyl (C=O) groups excluding carboxylic acids is 1. The van der Waals surface area contributed by atoms with Crippen molar-refractivity contribution in [3.63, 3.8) is 0 Å². The van der Waals surface area contributed by atoms with Crippen LogP contribution in [0.1, 0.15) is 48.0 Å². The third kappa shape index (κ3) is 2.35. The summed E-state index contributed by atoms with van der Waals surface area (Å²) in [5.74, 6) is 3.94. The molecule has 138 valence electrons. The van der Waals surface area contributed by atoms with Crippen LogP contribution in [0.4, 0.5) is 5.69 Å². The molecule has 0 aliphatic heterocycles. The number of aliphatic imine (C=N–C) groups is 1. The van der Waals surface area contributed by atoms with Crippen LogP contribution >= 0.6 is 0 Å². The van der Waals surface area contributed by atoms with Gasteiger partial charge in [0, 0.05) is 12.0 Å². The van der Waals surface area contributed by atoms with E-state index in [4.69, 9.17) is 10.7 Å². The molecule has 0 amide bonds. The summed E-state index contributed by atoms with van der Waals surface area (Å²) in [4.78, 5) is 17.6. The van der Waals surface area contributed by atoms with Crippen LogP contribution in [0.25, 0.3) is 10.8 Å². The molecule has 0 heterocycles. The van der Waals surface area contributed by atoms with Crippen LogP contribution in [0.5, 0.6) is 0 Å². The predicted octanol–water partition coefficient (Wildman–Crippen LogP) is 4.13. The van der Waals surface area contributed by atoms with E-state index in [-0.39, 0.29) is 5.78 Å². The summed E-state index contributed by atoms with van der Waals surface area (Å²) in [6, 6.07) is 10.5. The molecule has 4 saturated carbocycles. The number of rotatable bonds is 2. The molecular weight excluding hydrogens is 334 g/mol. The van der Waals surface area contributed by atoms with Gasteiger partial charge in [0.05, 0.1) is 11.7 Å². The first-order chi connectivity index (χ1) is 13.2. The number of nitrogens with two attached hydrogens (primary N) is 1. The Labute approximate surface area is 159 Å². The Morgan fingerprint density at radius 3 is 2.48 bits per heavy atom. The number of anilines is 1. The molecule has 2 aromatic rings. The van der Waals surface area contributed by atoms with Gasteiger partial charge in [0.25, 0.3) is 0 Å². The molecule has 2 aromatic carbocycles. The number of Topliss-reactive ketones (excluding diaryl/α,β-unsaturated/α-hetero) is 1. The Morgan fingerprint density at radius 1 is 1.00 bits per heavy atom. The van der Waals surface area contributed by atoms with Gasteiger partial charge in [-0.3, -0.25) is 4.79 Å². The van der Waals surface area contributed by atoms with Crippen LogP contribution in [0.15, 0.2) is 35.3 Å². The molecule has 5 aliphatic carbocycles. The van der Waals surface area contributed by atoms with Crippen molar-refractivity contribution in [1.82, 2.24) is 0 Å². The van der Waals surface area contributed by atoms with Crippen molar-refractivity contribution < 1.29 is 4.79 Å². The van der Waals surface area contributed by atoms with Gasteiger partial charge in [-0.15, -0.1) is 0 Å². The fourth-order valence-electron chi connectivity index (χ4n) is 6.70. The number of ketones is 1. The van der Waals surface area contributed by atoms with Crippen LogP contribution in [0, 0.1) is 23.7 Å². The van der Waals surface area contributed by atoms with E-state index in [9.17, 15) is 4.79 Å². The van der Waals surface area contributed by atoms with Gasteiger partial charge in [0.15, 0.2) is 11.7 Å². The first-order valence-corrected chi connectivity index (χ1v) is 10.3. The first-order valence-electron chi connectivity index (χ1n) is 10.3. The van der Waals surface area contributed by atoms with Crippen molar-refractivity contribution in [2.75, 3.05) is 5.32 Å². The van der Waals surface area contributed by atoms with E-state index in [1.165, 1.54) is 32.1 Å². The second-order valence-electron chi connectivity index (χ2n) is 9.16. The highest BCUT2D eigenvalue weighted by Gasteiger charge is 2.48. The molecule has 27 heavy (non-hydrogen) atoms. The zero-order valence-electron chi connectivity index (χ0n) is 15.4. The maximum absolute atomic E-state index is 12.6. The second-order valence-corrected chi connectivity index (χ2v) is 9.16. The molecule has 4 fully saturated rings. The lowest BCUT2D eigenvalue weighted by Crippen LogP contribution is -2.48. The van der Waals surface area contributed by atoms with E-state index in [0.717, 1.165) is 39.4 Å². The van der Waals surface area contributed by atoms with Crippen molar-refractivity contribution in [1.29, 1.82) is 0 Å². The molecule has 7 rings (SSSR count). The normalized spacial score (nSPS) is 33.9. The van der Waals surface area contributed by atoms with E-state index in [1.54, 1.807) is 0 Å². The average molecular weight is 359 g/mol.